The minimum absolute atomic E-state index is 0.131. The number of aliphatic hydroxyl groups is 1. The van der Waals surface area contributed by atoms with Gasteiger partial charge in [0, 0.05) is 6.54 Å². The van der Waals surface area contributed by atoms with Crippen LogP contribution >= 0.6 is 11.6 Å². The first-order valence-corrected chi connectivity index (χ1v) is 8.35. The van der Waals surface area contributed by atoms with E-state index in [1.54, 1.807) is 6.92 Å². The van der Waals surface area contributed by atoms with Gasteiger partial charge in [0.15, 0.2) is 0 Å². The first kappa shape index (κ1) is 17.5. The van der Waals surface area contributed by atoms with E-state index >= 15 is 0 Å². The summed E-state index contributed by atoms with van der Waals surface area (Å²) in [6.07, 6.45) is -3.72. The van der Waals surface area contributed by atoms with E-state index in [1.807, 2.05) is 0 Å². The van der Waals surface area contributed by atoms with Gasteiger partial charge in [0.2, 0.25) is 10.0 Å². The Morgan fingerprint density at radius 3 is 2.59 bits per heavy atom. The van der Waals surface area contributed by atoms with Crippen molar-refractivity contribution in [3.8, 4) is 0 Å². The fraction of sp³-hybridized carbons (Fsp3) is 0.538. The van der Waals surface area contributed by atoms with Gasteiger partial charge in [-0.3, -0.25) is 0 Å². The van der Waals surface area contributed by atoms with Crippen LogP contribution in [0.5, 0.6) is 0 Å². The lowest BCUT2D eigenvalue weighted by Gasteiger charge is -2.32. The Hall–Kier alpha value is -0.830. The summed E-state index contributed by atoms with van der Waals surface area (Å²) in [6.45, 7) is 1.27. The Bertz CT molecular complexity index is 678. The van der Waals surface area contributed by atoms with Gasteiger partial charge in [-0.1, -0.05) is 11.6 Å². The van der Waals surface area contributed by atoms with Gasteiger partial charge in [-0.2, -0.15) is 17.5 Å². The van der Waals surface area contributed by atoms with Gasteiger partial charge in [0.1, 0.15) is 4.90 Å². The van der Waals surface area contributed by atoms with Crippen LogP contribution < -0.4 is 0 Å². The molecule has 1 fully saturated rings. The molecule has 0 aliphatic carbocycles. The van der Waals surface area contributed by atoms with Crippen LogP contribution in [0.4, 0.5) is 13.2 Å². The van der Waals surface area contributed by atoms with Crippen molar-refractivity contribution >= 4 is 21.6 Å². The lowest BCUT2D eigenvalue weighted by atomic mass is 10.0. The second-order valence-electron chi connectivity index (χ2n) is 5.48. The number of halogens is 4. The molecule has 0 unspecified atom stereocenters. The number of aliphatic hydroxyl groups excluding tert-OH is 1. The van der Waals surface area contributed by atoms with E-state index in [1.165, 1.54) is 0 Å². The molecule has 1 saturated heterocycles. The molecule has 9 heteroatoms. The highest BCUT2D eigenvalue weighted by molar-refractivity contribution is 7.89. The molecule has 1 aliphatic rings. The Morgan fingerprint density at radius 2 is 2.05 bits per heavy atom. The zero-order chi connectivity index (χ0) is 16.8. The molecule has 1 atom stereocenters. The Balaban J connectivity index is 2.55. The van der Waals surface area contributed by atoms with Gasteiger partial charge < -0.3 is 5.11 Å². The monoisotopic (exact) mass is 357 g/mol. The number of sulfonamides is 1. The van der Waals surface area contributed by atoms with Crippen LogP contribution in [0.15, 0.2) is 23.1 Å². The van der Waals surface area contributed by atoms with E-state index in [0.29, 0.717) is 18.9 Å². The van der Waals surface area contributed by atoms with Crippen LogP contribution in [-0.4, -0.2) is 36.5 Å². The first-order chi connectivity index (χ1) is 10.0. The quantitative estimate of drug-likeness (QED) is 0.905. The third-order valence-electron chi connectivity index (χ3n) is 3.85. The molecular formula is C13H15ClF3NO3S. The number of rotatable bonds is 3. The van der Waals surface area contributed by atoms with E-state index < -0.39 is 38.8 Å². The molecule has 1 heterocycles. The minimum atomic E-state index is -4.67. The van der Waals surface area contributed by atoms with Crippen molar-refractivity contribution in [1.82, 2.24) is 4.31 Å². The fourth-order valence-corrected chi connectivity index (χ4v) is 4.90. The van der Waals surface area contributed by atoms with Crippen molar-refractivity contribution in [3.05, 3.63) is 28.8 Å². The molecule has 0 aromatic heterocycles. The number of hydrogen-bond acceptors (Lipinski definition) is 3. The second-order valence-corrected chi connectivity index (χ2v) is 7.72. The van der Waals surface area contributed by atoms with Gasteiger partial charge in [0.05, 0.1) is 22.7 Å². The molecule has 0 spiro atoms. The topological polar surface area (TPSA) is 57.6 Å². The van der Waals surface area contributed by atoms with E-state index in [4.69, 9.17) is 11.6 Å². The summed E-state index contributed by atoms with van der Waals surface area (Å²) < 4.78 is 64.7. The fourth-order valence-electron chi connectivity index (χ4n) is 2.56. The van der Waals surface area contributed by atoms with Gasteiger partial charge in [-0.15, -0.1) is 0 Å². The third-order valence-corrected chi connectivity index (χ3v) is 6.38. The van der Waals surface area contributed by atoms with Crippen LogP contribution in [0.2, 0.25) is 5.02 Å². The summed E-state index contributed by atoms with van der Waals surface area (Å²) in [6, 6.07) is 2.19. The highest BCUT2D eigenvalue weighted by atomic mass is 35.5. The molecule has 0 radical (unpaired) electrons. The second kappa shape index (κ2) is 5.67. The van der Waals surface area contributed by atoms with Crippen LogP contribution in [-0.2, 0) is 16.2 Å². The maximum absolute atomic E-state index is 12.8. The number of benzene rings is 1. The van der Waals surface area contributed by atoms with Gasteiger partial charge in [-0.25, -0.2) is 8.42 Å². The van der Waals surface area contributed by atoms with Crippen LogP contribution in [0.1, 0.15) is 25.3 Å². The standard InChI is InChI=1S/C13H15ClF3NO3S/c1-12(8-19)5-2-6-18(12)22(20,21)11-7-9(13(15,16)17)3-4-10(11)14/h3-4,7,19H,2,5-6,8H2,1H3/t12-/m0/s1. The van der Waals surface area contributed by atoms with Crippen molar-refractivity contribution in [3.63, 3.8) is 0 Å². The van der Waals surface area contributed by atoms with Crippen molar-refractivity contribution in [1.29, 1.82) is 0 Å². The van der Waals surface area contributed by atoms with Crippen LogP contribution in [0.25, 0.3) is 0 Å². The molecule has 4 nitrogen and oxygen atoms in total. The van der Waals surface area contributed by atoms with Crippen molar-refractivity contribution in [2.45, 2.75) is 36.4 Å². The Labute approximate surface area is 131 Å². The average molecular weight is 358 g/mol. The average Bonchev–Trinajstić information content (AvgIpc) is 2.81. The molecule has 1 aromatic carbocycles. The summed E-state index contributed by atoms with van der Waals surface area (Å²) in [4.78, 5) is -0.592. The zero-order valence-electron chi connectivity index (χ0n) is 11.7. The summed E-state index contributed by atoms with van der Waals surface area (Å²) in [7, 11) is -4.23. The molecule has 1 N–H and O–H groups in total. The number of alkyl halides is 3. The lowest BCUT2D eigenvalue weighted by molar-refractivity contribution is -0.137. The van der Waals surface area contributed by atoms with Crippen molar-refractivity contribution in [2.75, 3.05) is 13.2 Å². The Morgan fingerprint density at radius 1 is 1.41 bits per heavy atom. The van der Waals surface area contributed by atoms with Gasteiger partial charge >= 0.3 is 6.18 Å². The molecular weight excluding hydrogens is 343 g/mol. The number of hydrogen-bond donors (Lipinski definition) is 1. The van der Waals surface area contributed by atoms with E-state index in [2.05, 4.69) is 0 Å². The van der Waals surface area contributed by atoms with Crippen molar-refractivity contribution in [2.24, 2.45) is 0 Å². The molecule has 124 valence electrons. The molecule has 0 saturated carbocycles. The zero-order valence-corrected chi connectivity index (χ0v) is 13.3. The smallest absolute Gasteiger partial charge is 0.394 e. The highest BCUT2D eigenvalue weighted by Gasteiger charge is 2.45. The molecule has 1 aromatic rings. The van der Waals surface area contributed by atoms with E-state index in [9.17, 15) is 26.7 Å². The van der Waals surface area contributed by atoms with Gasteiger partial charge in [-0.05, 0) is 38.0 Å². The predicted molar refractivity (Wildman–Crippen MR) is 75.1 cm³/mol. The third kappa shape index (κ3) is 2.97. The van der Waals surface area contributed by atoms with E-state index in [-0.39, 0.29) is 11.6 Å². The Kier molecular flexibility index (Phi) is 4.51. The normalized spacial score (nSPS) is 23.9. The molecule has 0 amide bonds. The van der Waals surface area contributed by atoms with Crippen molar-refractivity contribution < 1.29 is 26.7 Å². The molecule has 22 heavy (non-hydrogen) atoms. The summed E-state index contributed by atoms with van der Waals surface area (Å²) in [5.41, 5.74) is -2.11. The lowest BCUT2D eigenvalue weighted by Crippen LogP contribution is -2.47. The summed E-state index contributed by atoms with van der Waals surface area (Å²) in [5.74, 6) is 0. The van der Waals surface area contributed by atoms with Crippen LogP contribution in [0, 0.1) is 0 Å². The number of nitrogens with zero attached hydrogens (tertiary/aromatic N) is 1. The maximum atomic E-state index is 12.8. The largest absolute Gasteiger partial charge is 0.416 e. The first-order valence-electron chi connectivity index (χ1n) is 6.53. The molecule has 0 bridgehead atoms. The summed E-state index contributed by atoms with van der Waals surface area (Å²) in [5, 5.41) is 9.16. The minimum Gasteiger partial charge on any atom is -0.394 e. The summed E-state index contributed by atoms with van der Waals surface area (Å²) >= 11 is 5.81. The van der Waals surface area contributed by atoms with Gasteiger partial charge in [0.25, 0.3) is 0 Å². The predicted octanol–water partition coefficient (Wildman–Crippen LogP) is 2.89. The van der Waals surface area contributed by atoms with E-state index in [0.717, 1.165) is 16.4 Å². The molecule has 2 rings (SSSR count). The SMILES string of the molecule is C[C@@]1(CO)CCCN1S(=O)(=O)c1cc(C(F)(F)F)ccc1Cl. The highest BCUT2D eigenvalue weighted by Crippen LogP contribution is 2.38. The maximum Gasteiger partial charge on any atom is 0.416 e. The van der Waals surface area contributed by atoms with Crippen LogP contribution in [0.3, 0.4) is 0 Å². The molecule has 1 aliphatic heterocycles.